The molecular weight excluding hydrogens is 162 g/mol. The Hall–Kier alpha value is -0.400. The summed E-state index contributed by atoms with van der Waals surface area (Å²) >= 11 is 0. The lowest BCUT2D eigenvalue weighted by atomic mass is 9.89. The summed E-state index contributed by atoms with van der Waals surface area (Å²) in [5.74, 6) is 1.59. The summed E-state index contributed by atoms with van der Waals surface area (Å²) in [4.78, 5) is 9.92. The Labute approximate surface area is 82.1 Å². The van der Waals surface area contributed by atoms with Gasteiger partial charge in [0.1, 0.15) is 0 Å². The van der Waals surface area contributed by atoms with Gasteiger partial charge in [0.15, 0.2) is 0 Å². The maximum Gasteiger partial charge on any atom is 0.0811 e. The smallest absolute Gasteiger partial charge is 0.0811 e. The van der Waals surface area contributed by atoms with Crippen molar-refractivity contribution in [3.05, 3.63) is 4.91 Å². The third kappa shape index (κ3) is 7.94. The van der Waals surface area contributed by atoms with E-state index in [0.29, 0.717) is 6.54 Å². The van der Waals surface area contributed by atoms with Gasteiger partial charge in [-0.3, -0.25) is 0 Å². The Morgan fingerprint density at radius 2 is 1.92 bits per heavy atom. The maximum atomic E-state index is 9.92. The highest BCUT2D eigenvalue weighted by Crippen LogP contribution is 2.21. The van der Waals surface area contributed by atoms with Crippen LogP contribution < -0.4 is 0 Å². The van der Waals surface area contributed by atoms with Gasteiger partial charge in [-0.05, 0) is 31.1 Å². The largest absolute Gasteiger partial charge is 0.151 e. The van der Waals surface area contributed by atoms with E-state index in [9.17, 15) is 4.91 Å². The highest BCUT2D eigenvalue weighted by molar-refractivity contribution is 4.62. The van der Waals surface area contributed by atoms with Crippen LogP contribution in [-0.2, 0) is 0 Å². The van der Waals surface area contributed by atoms with Crippen molar-refractivity contribution in [1.29, 1.82) is 0 Å². The van der Waals surface area contributed by atoms with Crippen LogP contribution in [0, 0.1) is 16.7 Å². The fourth-order valence-electron chi connectivity index (χ4n) is 1.90. The molecule has 1 atom stereocenters. The minimum atomic E-state index is 0.498. The third-order valence-corrected chi connectivity index (χ3v) is 2.36. The van der Waals surface area contributed by atoms with E-state index in [0.717, 1.165) is 18.3 Å². The molecule has 0 bridgehead atoms. The normalized spacial score (nSPS) is 13.2. The molecule has 13 heavy (non-hydrogen) atoms. The van der Waals surface area contributed by atoms with E-state index >= 15 is 0 Å². The molecule has 0 radical (unpaired) electrons. The van der Waals surface area contributed by atoms with Gasteiger partial charge in [-0.1, -0.05) is 38.8 Å². The predicted octanol–water partition coefficient (Wildman–Crippen LogP) is 4.00. The third-order valence-electron chi connectivity index (χ3n) is 2.36. The summed E-state index contributed by atoms with van der Waals surface area (Å²) in [7, 11) is 0. The van der Waals surface area contributed by atoms with Gasteiger partial charge < -0.3 is 0 Å². The summed E-state index contributed by atoms with van der Waals surface area (Å²) in [6, 6.07) is 0. The number of nitrogens with zero attached hydrogens (tertiary/aromatic N) is 1. The number of nitroso groups, excluding NO2 is 1. The summed E-state index contributed by atoms with van der Waals surface area (Å²) < 4.78 is 0. The van der Waals surface area contributed by atoms with Gasteiger partial charge in [0.25, 0.3) is 0 Å². The second kappa shape index (κ2) is 8.21. The average Bonchev–Trinajstić information content (AvgIpc) is 2.04. The average molecular weight is 185 g/mol. The Kier molecular flexibility index (Phi) is 7.96. The van der Waals surface area contributed by atoms with Gasteiger partial charge in [0.2, 0.25) is 0 Å². The summed E-state index contributed by atoms with van der Waals surface area (Å²) in [6.45, 7) is 7.25. The van der Waals surface area contributed by atoms with Gasteiger partial charge in [-0.25, -0.2) is 0 Å². The van der Waals surface area contributed by atoms with Crippen molar-refractivity contribution in [3.63, 3.8) is 0 Å². The van der Waals surface area contributed by atoms with Crippen LogP contribution in [-0.4, -0.2) is 6.54 Å². The molecule has 0 rings (SSSR count). The molecule has 0 N–H and O–H groups in total. The lowest BCUT2D eigenvalue weighted by Gasteiger charge is -2.17. The van der Waals surface area contributed by atoms with Crippen LogP contribution in [0.3, 0.4) is 0 Å². The molecule has 0 heterocycles. The number of hydrogen-bond acceptors (Lipinski definition) is 2. The molecule has 0 saturated heterocycles. The van der Waals surface area contributed by atoms with Gasteiger partial charge >= 0.3 is 0 Å². The van der Waals surface area contributed by atoms with Gasteiger partial charge in [-0.15, -0.1) is 0 Å². The first-order valence-electron chi connectivity index (χ1n) is 5.49. The quantitative estimate of drug-likeness (QED) is 0.415. The first kappa shape index (κ1) is 12.6. The molecule has 1 unspecified atom stereocenters. The standard InChI is InChI=1S/C11H23NO/c1-4-6-11(9-10(2)3)7-5-8-12-13/h10-11H,4-9H2,1-3H3. The lowest BCUT2D eigenvalue weighted by Crippen LogP contribution is -2.05. The lowest BCUT2D eigenvalue weighted by molar-refractivity contribution is 0.355. The molecule has 0 saturated carbocycles. The van der Waals surface area contributed by atoms with Crippen LogP contribution >= 0.6 is 0 Å². The number of rotatable bonds is 8. The van der Waals surface area contributed by atoms with Crippen LogP contribution in [0.5, 0.6) is 0 Å². The van der Waals surface area contributed by atoms with Crippen LogP contribution in [0.4, 0.5) is 0 Å². The molecular formula is C11H23NO. The Balaban J connectivity index is 3.59. The molecule has 2 nitrogen and oxygen atoms in total. The van der Waals surface area contributed by atoms with E-state index in [1.807, 2.05) is 0 Å². The van der Waals surface area contributed by atoms with Crippen molar-refractivity contribution in [1.82, 2.24) is 0 Å². The SMILES string of the molecule is CCCC(CCCN=O)CC(C)C. The number of hydrogen-bond donors (Lipinski definition) is 0. The molecule has 78 valence electrons. The van der Waals surface area contributed by atoms with E-state index in [2.05, 4.69) is 25.9 Å². The van der Waals surface area contributed by atoms with E-state index in [-0.39, 0.29) is 0 Å². The van der Waals surface area contributed by atoms with E-state index < -0.39 is 0 Å². The van der Waals surface area contributed by atoms with Crippen molar-refractivity contribution < 1.29 is 0 Å². The molecule has 0 aromatic heterocycles. The van der Waals surface area contributed by atoms with E-state index in [1.54, 1.807) is 0 Å². The van der Waals surface area contributed by atoms with Gasteiger partial charge in [0.05, 0.1) is 6.54 Å². The van der Waals surface area contributed by atoms with Crippen molar-refractivity contribution >= 4 is 0 Å². The maximum absolute atomic E-state index is 9.92. The highest BCUT2D eigenvalue weighted by Gasteiger charge is 2.09. The van der Waals surface area contributed by atoms with Crippen LogP contribution in [0.2, 0.25) is 0 Å². The van der Waals surface area contributed by atoms with Crippen molar-refractivity contribution in [2.75, 3.05) is 6.54 Å². The Morgan fingerprint density at radius 1 is 1.23 bits per heavy atom. The molecule has 0 spiro atoms. The molecule has 2 heteroatoms. The van der Waals surface area contributed by atoms with Gasteiger partial charge in [-0.2, -0.15) is 4.91 Å². The molecule has 0 aliphatic heterocycles. The zero-order valence-electron chi connectivity index (χ0n) is 9.25. The monoisotopic (exact) mass is 185 g/mol. The van der Waals surface area contributed by atoms with Crippen LogP contribution in [0.1, 0.15) is 52.9 Å². The first-order chi connectivity index (χ1) is 6.20. The second-order valence-electron chi connectivity index (χ2n) is 4.28. The molecule has 0 fully saturated rings. The fourth-order valence-corrected chi connectivity index (χ4v) is 1.90. The fraction of sp³-hybridized carbons (Fsp3) is 1.00. The molecule has 0 aliphatic rings. The molecule has 0 amide bonds. The molecule has 0 aromatic rings. The minimum absolute atomic E-state index is 0.498. The van der Waals surface area contributed by atoms with Crippen molar-refractivity contribution in [3.8, 4) is 0 Å². The highest BCUT2D eigenvalue weighted by atomic mass is 16.3. The Morgan fingerprint density at radius 3 is 2.38 bits per heavy atom. The predicted molar refractivity (Wildman–Crippen MR) is 57.7 cm³/mol. The zero-order chi connectivity index (χ0) is 10.1. The molecule has 0 aliphatic carbocycles. The van der Waals surface area contributed by atoms with Gasteiger partial charge in [0, 0.05) is 0 Å². The second-order valence-corrected chi connectivity index (χ2v) is 4.28. The van der Waals surface area contributed by atoms with E-state index in [1.165, 1.54) is 25.7 Å². The van der Waals surface area contributed by atoms with Crippen LogP contribution in [0.25, 0.3) is 0 Å². The molecule has 0 aromatic carbocycles. The summed E-state index contributed by atoms with van der Waals surface area (Å²) in [5.41, 5.74) is 0. The zero-order valence-corrected chi connectivity index (χ0v) is 9.25. The van der Waals surface area contributed by atoms with Crippen molar-refractivity contribution in [2.24, 2.45) is 17.0 Å². The minimum Gasteiger partial charge on any atom is -0.151 e. The summed E-state index contributed by atoms with van der Waals surface area (Å²) in [6.07, 6.45) is 6.01. The van der Waals surface area contributed by atoms with Crippen molar-refractivity contribution in [2.45, 2.75) is 52.9 Å². The Bertz CT molecular complexity index is 123. The van der Waals surface area contributed by atoms with Crippen LogP contribution in [0.15, 0.2) is 5.18 Å². The van der Waals surface area contributed by atoms with E-state index in [4.69, 9.17) is 0 Å². The first-order valence-corrected chi connectivity index (χ1v) is 5.49. The summed E-state index contributed by atoms with van der Waals surface area (Å²) in [5, 5.41) is 2.90. The topological polar surface area (TPSA) is 29.4 Å².